The van der Waals surface area contributed by atoms with Crippen molar-refractivity contribution in [1.82, 2.24) is 4.57 Å². The minimum absolute atomic E-state index is 1.12. The molecule has 0 saturated heterocycles. The molecule has 2 heteroatoms. The van der Waals surface area contributed by atoms with E-state index in [1.807, 2.05) is 19.1 Å². The zero-order valence-electron chi connectivity index (χ0n) is 34.7. The van der Waals surface area contributed by atoms with E-state index in [9.17, 15) is 0 Å². The first kappa shape index (κ1) is 38.8. The summed E-state index contributed by atoms with van der Waals surface area (Å²) in [6, 6.07) is 78.8. The Morgan fingerprint density at radius 3 is 1.67 bits per heavy atom. The van der Waals surface area contributed by atoms with Gasteiger partial charge in [0.05, 0.1) is 16.7 Å². The summed E-state index contributed by atoms with van der Waals surface area (Å²) in [7, 11) is 0. The van der Waals surface area contributed by atoms with Gasteiger partial charge in [-0.1, -0.05) is 189 Å². The molecular weight excluding hydrogens is 737 g/mol. The fourth-order valence-corrected chi connectivity index (χ4v) is 8.37. The van der Waals surface area contributed by atoms with Crippen LogP contribution < -0.4 is 4.90 Å². The molecule has 0 spiro atoms. The Bertz CT molecular complexity index is 3100. The number of nitrogens with zero attached hydrogens (tertiary/aromatic N) is 2. The third kappa shape index (κ3) is 8.05. The van der Waals surface area contributed by atoms with Crippen molar-refractivity contribution < 1.29 is 0 Å². The fraction of sp³-hybridized carbons (Fsp3) is 0.0508. The van der Waals surface area contributed by atoms with Gasteiger partial charge in [0.2, 0.25) is 0 Å². The zero-order valence-corrected chi connectivity index (χ0v) is 34.7. The molecule has 0 N–H and O–H groups in total. The van der Waals surface area contributed by atoms with Crippen LogP contribution in [0.2, 0.25) is 0 Å². The zero-order chi connectivity index (χ0) is 41.4. The molecule has 0 aliphatic rings. The van der Waals surface area contributed by atoms with E-state index < -0.39 is 0 Å². The number of fused-ring (bicyclic) bond motifs is 4. The summed E-state index contributed by atoms with van der Waals surface area (Å²) in [4.78, 5) is 2.38. The largest absolute Gasteiger partial charge is 0.310 e. The molecule has 9 aromatic carbocycles. The lowest BCUT2D eigenvalue weighted by molar-refractivity contribution is 1.18. The van der Waals surface area contributed by atoms with Gasteiger partial charge in [-0.15, -0.1) is 0 Å². The summed E-state index contributed by atoms with van der Waals surface area (Å²) in [5.41, 5.74) is 14.2. The van der Waals surface area contributed by atoms with Gasteiger partial charge in [-0.2, -0.15) is 0 Å². The molecule has 1 aromatic heterocycles. The maximum atomic E-state index is 2.41. The van der Waals surface area contributed by atoms with Crippen LogP contribution in [0.1, 0.15) is 20.3 Å². The van der Waals surface area contributed by atoms with Gasteiger partial charge < -0.3 is 9.47 Å². The van der Waals surface area contributed by atoms with Crippen molar-refractivity contribution >= 4 is 49.6 Å². The number of hydrogen-bond acceptors (Lipinski definition) is 1. The van der Waals surface area contributed by atoms with E-state index in [4.69, 9.17) is 0 Å². The van der Waals surface area contributed by atoms with E-state index >= 15 is 0 Å². The number of hydrogen-bond donors (Lipinski definition) is 0. The van der Waals surface area contributed by atoms with Crippen LogP contribution in [0, 0.1) is 0 Å². The second-order valence-corrected chi connectivity index (χ2v) is 15.1. The average molecular weight is 785 g/mol. The van der Waals surface area contributed by atoms with Crippen LogP contribution in [0.4, 0.5) is 17.1 Å². The molecule has 61 heavy (non-hydrogen) atoms. The number of rotatable bonds is 9. The van der Waals surface area contributed by atoms with E-state index in [1.165, 1.54) is 66.0 Å². The molecule has 10 rings (SSSR count). The number of para-hydroxylation sites is 2. The van der Waals surface area contributed by atoms with Crippen molar-refractivity contribution in [2.24, 2.45) is 0 Å². The molecule has 1 heterocycles. The number of anilines is 3. The van der Waals surface area contributed by atoms with Crippen molar-refractivity contribution in [3.8, 4) is 39.1 Å². The quantitative estimate of drug-likeness (QED) is 0.132. The van der Waals surface area contributed by atoms with Crippen molar-refractivity contribution in [2.75, 3.05) is 4.90 Å². The first-order chi connectivity index (χ1) is 30.2. The van der Waals surface area contributed by atoms with Gasteiger partial charge >= 0.3 is 0 Å². The average Bonchev–Trinajstić information content (AvgIpc) is 3.67. The highest BCUT2D eigenvalue weighted by molar-refractivity contribution is 6.12. The van der Waals surface area contributed by atoms with Gasteiger partial charge in [-0.05, 0) is 113 Å². The molecule has 294 valence electrons. The fourth-order valence-electron chi connectivity index (χ4n) is 8.37. The molecule has 0 radical (unpaired) electrons. The Balaban J connectivity index is 0.000000629. The van der Waals surface area contributed by atoms with Crippen LogP contribution in [0.5, 0.6) is 0 Å². The van der Waals surface area contributed by atoms with Crippen LogP contribution in [0.25, 0.3) is 71.6 Å². The van der Waals surface area contributed by atoms with Gasteiger partial charge in [-0.25, -0.2) is 0 Å². The van der Waals surface area contributed by atoms with Crippen LogP contribution in [-0.4, -0.2) is 4.57 Å². The normalized spacial score (nSPS) is 11.4. The van der Waals surface area contributed by atoms with Gasteiger partial charge in [0.1, 0.15) is 0 Å². The Kier molecular flexibility index (Phi) is 11.5. The maximum Gasteiger partial charge on any atom is 0.0541 e. The molecule has 0 aliphatic heterocycles. The molecule has 0 fully saturated rings. The molecule has 2 nitrogen and oxygen atoms in total. The predicted octanol–water partition coefficient (Wildman–Crippen LogP) is 16.9. The first-order valence-electron chi connectivity index (χ1n) is 21.2. The number of benzene rings is 9. The SMILES string of the molecule is C/C=C\C=C/CC.c1ccc(-c2ccc(N(c3ccccc3)c3ccc(-c4ccc5c(c4)c4ccccc4n5-c4cccc(-c5ccccc5)c4)c4ccccc34)cc2)cc1. The van der Waals surface area contributed by atoms with E-state index in [1.54, 1.807) is 0 Å². The summed E-state index contributed by atoms with van der Waals surface area (Å²) in [6.07, 6.45) is 9.36. The highest BCUT2D eigenvalue weighted by atomic mass is 15.1. The van der Waals surface area contributed by atoms with Gasteiger partial charge in [0.15, 0.2) is 0 Å². The van der Waals surface area contributed by atoms with E-state index in [0.717, 1.165) is 29.2 Å². The standard InChI is InChI=1S/C52H36N2.C7H12/c1-4-15-37(16-5-1)39-27-30-43(31-28-39)53(42-20-8-3-9-21-42)51-34-32-45(46-23-10-11-24-47(46)51)41-29-33-52-49(36-41)48-25-12-13-26-50(48)54(52)44-22-14-19-40(35-44)38-17-6-2-7-18-38;1-3-5-7-6-4-2/h1-36H;3,5-7H,4H2,1-2H3/b;5-3-,7-6-. The Morgan fingerprint density at radius 1 is 0.410 bits per heavy atom. The Labute approximate surface area is 359 Å². The molecule has 0 aliphatic carbocycles. The topological polar surface area (TPSA) is 8.17 Å². The van der Waals surface area contributed by atoms with Crippen LogP contribution >= 0.6 is 0 Å². The summed E-state index contributed by atoms with van der Waals surface area (Å²) < 4.78 is 2.41. The lowest BCUT2D eigenvalue weighted by Crippen LogP contribution is -2.10. The third-order valence-corrected chi connectivity index (χ3v) is 11.3. The Hall–Kier alpha value is -7.68. The lowest BCUT2D eigenvalue weighted by Gasteiger charge is -2.27. The molecular formula is C59H48N2. The highest BCUT2D eigenvalue weighted by Crippen LogP contribution is 2.43. The van der Waals surface area contributed by atoms with Crippen molar-refractivity contribution in [3.63, 3.8) is 0 Å². The molecule has 0 atom stereocenters. The monoisotopic (exact) mass is 784 g/mol. The van der Waals surface area contributed by atoms with Gasteiger partial charge in [0, 0.05) is 33.2 Å². The van der Waals surface area contributed by atoms with Gasteiger partial charge in [0.25, 0.3) is 0 Å². The summed E-state index contributed by atoms with van der Waals surface area (Å²) in [6.45, 7) is 4.14. The molecule has 10 aromatic rings. The first-order valence-corrected chi connectivity index (χ1v) is 21.2. The minimum atomic E-state index is 1.12. The number of allylic oxidation sites excluding steroid dienone is 4. The summed E-state index contributed by atoms with van der Waals surface area (Å²) >= 11 is 0. The van der Waals surface area contributed by atoms with Crippen molar-refractivity contribution in [1.29, 1.82) is 0 Å². The smallest absolute Gasteiger partial charge is 0.0541 e. The Morgan fingerprint density at radius 2 is 0.967 bits per heavy atom. The molecule has 0 unspecified atom stereocenters. The van der Waals surface area contributed by atoms with E-state index in [0.29, 0.717) is 0 Å². The van der Waals surface area contributed by atoms with Crippen LogP contribution in [0.15, 0.2) is 243 Å². The molecule has 0 amide bonds. The molecule has 0 saturated carbocycles. The van der Waals surface area contributed by atoms with E-state index in [2.05, 4.69) is 247 Å². The molecule has 0 bridgehead atoms. The second-order valence-electron chi connectivity index (χ2n) is 15.1. The van der Waals surface area contributed by atoms with Crippen LogP contribution in [0.3, 0.4) is 0 Å². The maximum absolute atomic E-state index is 2.41. The highest BCUT2D eigenvalue weighted by Gasteiger charge is 2.19. The third-order valence-electron chi connectivity index (χ3n) is 11.3. The summed E-state index contributed by atoms with van der Waals surface area (Å²) in [5, 5.41) is 4.90. The predicted molar refractivity (Wildman–Crippen MR) is 264 cm³/mol. The second kappa shape index (κ2) is 18.1. The van der Waals surface area contributed by atoms with E-state index in [-0.39, 0.29) is 0 Å². The minimum Gasteiger partial charge on any atom is -0.310 e. The van der Waals surface area contributed by atoms with Crippen LogP contribution in [-0.2, 0) is 0 Å². The lowest BCUT2D eigenvalue weighted by atomic mass is 9.95. The van der Waals surface area contributed by atoms with Crippen molar-refractivity contribution in [3.05, 3.63) is 243 Å². The van der Waals surface area contributed by atoms with Gasteiger partial charge in [-0.3, -0.25) is 0 Å². The number of aromatic nitrogens is 1. The summed E-state index contributed by atoms with van der Waals surface area (Å²) in [5.74, 6) is 0. The van der Waals surface area contributed by atoms with Crippen molar-refractivity contribution in [2.45, 2.75) is 20.3 Å².